The molecule has 34 heavy (non-hydrogen) atoms. The lowest BCUT2D eigenvalue weighted by Gasteiger charge is -2.46. The molecule has 2 amide bonds. The molecule has 0 radical (unpaired) electrons. The number of benzene rings is 1. The minimum absolute atomic E-state index is 0.00591. The Bertz CT molecular complexity index is 967. The number of carbonyl (C=O) groups excluding carboxylic acids is 2. The van der Waals surface area contributed by atoms with Gasteiger partial charge in [-0.2, -0.15) is 0 Å². The minimum Gasteiger partial charge on any atom is -0.484 e. The molecule has 3 atom stereocenters. The van der Waals surface area contributed by atoms with Gasteiger partial charge in [-0.3, -0.25) is 14.5 Å². The van der Waals surface area contributed by atoms with E-state index in [2.05, 4.69) is 16.0 Å². The molecule has 3 aliphatic carbocycles. The Labute approximate surface area is 200 Å². The van der Waals surface area contributed by atoms with Crippen LogP contribution in [0.1, 0.15) is 32.1 Å². The summed E-state index contributed by atoms with van der Waals surface area (Å²) in [5.41, 5.74) is -0.361. The van der Waals surface area contributed by atoms with Crippen LogP contribution in [0.2, 0.25) is 5.02 Å². The molecule has 2 aliphatic heterocycles. The highest BCUT2D eigenvalue weighted by Gasteiger charge is 2.57. The number of likely N-dealkylation sites (tertiary alicyclic amines) is 1. The molecule has 0 spiro atoms. The smallest absolute Gasteiger partial charge is 0.272 e. The van der Waals surface area contributed by atoms with Crippen LogP contribution in [0.15, 0.2) is 18.2 Å². The summed E-state index contributed by atoms with van der Waals surface area (Å²) < 4.78 is 45.3. The van der Waals surface area contributed by atoms with Crippen molar-refractivity contribution in [3.8, 4) is 5.75 Å². The highest BCUT2D eigenvalue weighted by molar-refractivity contribution is 6.30. The van der Waals surface area contributed by atoms with Crippen LogP contribution >= 0.6 is 11.6 Å². The van der Waals surface area contributed by atoms with E-state index < -0.39 is 17.8 Å². The maximum absolute atomic E-state index is 13.5. The Morgan fingerprint density at radius 2 is 2.00 bits per heavy atom. The Hall–Kier alpha value is -2.04. The van der Waals surface area contributed by atoms with E-state index in [4.69, 9.17) is 16.3 Å². The van der Waals surface area contributed by atoms with Crippen molar-refractivity contribution in [3.05, 3.63) is 29.0 Å². The van der Waals surface area contributed by atoms with E-state index in [-0.39, 0.29) is 59.9 Å². The second-order valence-corrected chi connectivity index (χ2v) is 10.5. The van der Waals surface area contributed by atoms with E-state index in [0.717, 1.165) is 25.3 Å². The van der Waals surface area contributed by atoms with Crippen molar-refractivity contribution >= 4 is 23.4 Å². The normalized spacial score (nSPS) is 34.0. The quantitative estimate of drug-likeness (QED) is 0.534. The Balaban J connectivity index is 1.07. The standard InChI is InChI=1S/C23H28ClF3N4O3/c24-16-2-1-15(6-17(16)25)34-10-20(32)30-22-7-13(8-22)19(9-22)29-21(33)18-5-14(3-4-28-18)31-11-23(26,27)12-31/h1-2,6,13-14,18-19,28H,3-5,7-12H2,(H,29,33)(H,30,32)/t13?,14?,18?,19-,22?/m0/s1. The van der Waals surface area contributed by atoms with Gasteiger partial charge in [-0.1, -0.05) is 11.6 Å². The molecular weight excluding hydrogens is 473 g/mol. The molecule has 2 heterocycles. The Morgan fingerprint density at radius 1 is 1.24 bits per heavy atom. The van der Waals surface area contributed by atoms with Crippen LogP contribution in [-0.4, -0.2) is 72.5 Å². The molecule has 2 saturated heterocycles. The summed E-state index contributed by atoms with van der Waals surface area (Å²) in [6.45, 7) is -0.0743. The lowest BCUT2D eigenvalue weighted by atomic mass is 9.76. The van der Waals surface area contributed by atoms with Gasteiger partial charge in [0.25, 0.3) is 11.8 Å². The molecule has 3 N–H and O–H groups in total. The molecule has 7 nitrogen and oxygen atoms in total. The summed E-state index contributed by atoms with van der Waals surface area (Å²) in [5, 5.41) is 9.32. The molecule has 5 fully saturated rings. The van der Waals surface area contributed by atoms with Crippen molar-refractivity contribution in [3.63, 3.8) is 0 Å². The maximum Gasteiger partial charge on any atom is 0.272 e. The molecule has 5 aliphatic rings. The number of ether oxygens (including phenoxy) is 1. The van der Waals surface area contributed by atoms with Gasteiger partial charge >= 0.3 is 0 Å². The van der Waals surface area contributed by atoms with Crippen molar-refractivity contribution < 1.29 is 27.5 Å². The number of alkyl halides is 2. The first-order valence-corrected chi connectivity index (χ1v) is 12.0. The number of amides is 2. The zero-order valence-corrected chi connectivity index (χ0v) is 19.3. The van der Waals surface area contributed by atoms with E-state index in [9.17, 15) is 22.8 Å². The fourth-order valence-electron chi connectivity index (χ4n) is 5.87. The highest BCUT2D eigenvalue weighted by Crippen LogP contribution is 2.52. The maximum atomic E-state index is 13.5. The summed E-state index contributed by atoms with van der Waals surface area (Å²) in [5.74, 6) is -3.12. The highest BCUT2D eigenvalue weighted by atomic mass is 35.5. The van der Waals surface area contributed by atoms with Crippen LogP contribution in [-0.2, 0) is 9.59 Å². The lowest BCUT2D eigenvalue weighted by molar-refractivity contribution is -0.151. The average Bonchev–Trinajstić information content (AvgIpc) is 3.26. The predicted molar refractivity (Wildman–Crippen MR) is 118 cm³/mol. The third kappa shape index (κ3) is 4.85. The number of hydrogen-bond donors (Lipinski definition) is 3. The Kier molecular flexibility index (Phi) is 6.18. The zero-order valence-electron chi connectivity index (χ0n) is 18.6. The van der Waals surface area contributed by atoms with Gasteiger partial charge in [0.05, 0.1) is 24.2 Å². The van der Waals surface area contributed by atoms with Gasteiger partial charge < -0.3 is 20.7 Å². The summed E-state index contributed by atoms with van der Waals surface area (Å²) in [6, 6.07) is 3.56. The van der Waals surface area contributed by atoms with Gasteiger partial charge in [0.15, 0.2) is 6.61 Å². The van der Waals surface area contributed by atoms with Gasteiger partial charge in [-0.15, -0.1) is 0 Å². The van der Waals surface area contributed by atoms with Crippen molar-refractivity contribution in [2.24, 2.45) is 5.92 Å². The molecule has 2 unspecified atom stereocenters. The van der Waals surface area contributed by atoms with E-state index in [1.807, 2.05) is 0 Å². The van der Waals surface area contributed by atoms with Gasteiger partial charge in [0.2, 0.25) is 5.91 Å². The molecule has 2 bridgehead atoms. The van der Waals surface area contributed by atoms with Crippen LogP contribution < -0.4 is 20.7 Å². The second kappa shape index (κ2) is 8.87. The molecule has 6 rings (SSSR count). The largest absolute Gasteiger partial charge is 0.484 e. The summed E-state index contributed by atoms with van der Waals surface area (Å²) in [6.07, 6.45) is 3.47. The number of nitrogens with one attached hydrogen (secondary N) is 3. The van der Waals surface area contributed by atoms with Gasteiger partial charge in [-0.05, 0) is 56.7 Å². The molecule has 3 saturated carbocycles. The van der Waals surface area contributed by atoms with Crippen molar-refractivity contribution in [2.75, 3.05) is 26.2 Å². The predicted octanol–water partition coefficient (Wildman–Crippen LogP) is 2.08. The minimum atomic E-state index is -2.61. The van der Waals surface area contributed by atoms with Crippen LogP contribution in [0.25, 0.3) is 0 Å². The number of piperidine rings is 1. The number of halogens is 4. The Morgan fingerprint density at radius 3 is 2.71 bits per heavy atom. The lowest BCUT2D eigenvalue weighted by Crippen LogP contribution is -2.63. The fourth-order valence-corrected chi connectivity index (χ4v) is 5.99. The first-order chi connectivity index (χ1) is 16.1. The summed E-state index contributed by atoms with van der Waals surface area (Å²) in [4.78, 5) is 27.0. The second-order valence-electron chi connectivity index (χ2n) is 10.1. The van der Waals surface area contributed by atoms with Gasteiger partial charge in [-0.25, -0.2) is 13.2 Å². The van der Waals surface area contributed by atoms with Crippen molar-refractivity contribution in [2.45, 2.75) is 61.7 Å². The third-order valence-corrected chi connectivity index (χ3v) is 7.86. The van der Waals surface area contributed by atoms with Crippen LogP contribution in [0, 0.1) is 11.7 Å². The molecule has 11 heteroatoms. The number of fused-ring (bicyclic) bond motifs is 1. The van der Waals surface area contributed by atoms with Crippen LogP contribution in [0.5, 0.6) is 5.75 Å². The van der Waals surface area contributed by atoms with Crippen LogP contribution in [0.4, 0.5) is 13.2 Å². The van der Waals surface area contributed by atoms with E-state index >= 15 is 0 Å². The number of rotatable bonds is 7. The SMILES string of the molecule is O=C(COc1ccc(Cl)c(F)c1)NC12CC(C1)[C@@H](NC(=O)C1CC(N3CC(F)(F)C3)CCN1)C2. The number of hydrogen-bond acceptors (Lipinski definition) is 5. The fraction of sp³-hybridized carbons (Fsp3) is 0.652. The first-order valence-electron chi connectivity index (χ1n) is 11.7. The summed E-state index contributed by atoms with van der Waals surface area (Å²) >= 11 is 5.65. The molecule has 0 aromatic heterocycles. The average molecular weight is 501 g/mol. The molecule has 1 aromatic carbocycles. The van der Waals surface area contributed by atoms with Gasteiger partial charge in [0, 0.05) is 23.7 Å². The van der Waals surface area contributed by atoms with E-state index in [1.165, 1.54) is 12.1 Å². The molecule has 1 aromatic rings. The molecular formula is C23H28ClF3N4O3. The number of carbonyl (C=O) groups is 2. The van der Waals surface area contributed by atoms with Gasteiger partial charge in [0.1, 0.15) is 11.6 Å². The van der Waals surface area contributed by atoms with E-state index in [0.29, 0.717) is 25.3 Å². The summed E-state index contributed by atoms with van der Waals surface area (Å²) in [7, 11) is 0. The van der Waals surface area contributed by atoms with Crippen molar-refractivity contribution in [1.29, 1.82) is 0 Å². The zero-order chi connectivity index (χ0) is 24.1. The van der Waals surface area contributed by atoms with Crippen molar-refractivity contribution in [1.82, 2.24) is 20.9 Å². The topological polar surface area (TPSA) is 82.7 Å². The number of nitrogens with zero attached hydrogens (tertiary/aromatic N) is 1. The third-order valence-electron chi connectivity index (χ3n) is 7.56. The monoisotopic (exact) mass is 500 g/mol. The van der Waals surface area contributed by atoms with E-state index in [1.54, 1.807) is 4.90 Å². The van der Waals surface area contributed by atoms with Crippen LogP contribution in [0.3, 0.4) is 0 Å². The first kappa shape index (κ1) is 23.7. The molecule has 186 valence electrons.